The summed E-state index contributed by atoms with van der Waals surface area (Å²) in [6.45, 7) is 0. The van der Waals surface area contributed by atoms with Crippen molar-refractivity contribution in [2.45, 2.75) is 0 Å². The first kappa shape index (κ1) is 28.8. The smallest absolute Gasteiger partial charge is 0.0787 e. The molecule has 0 unspecified atom stereocenters. The summed E-state index contributed by atoms with van der Waals surface area (Å²) in [5, 5.41) is 6.05. The zero-order valence-electron chi connectivity index (χ0n) is 25.7. The van der Waals surface area contributed by atoms with E-state index in [9.17, 15) is 0 Å². The Kier molecular flexibility index (Phi) is 7.93. The van der Waals surface area contributed by atoms with Crippen molar-refractivity contribution in [3.63, 3.8) is 0 Å². The number of pyridine rings is 2. The molecule has 2 aromatic heterocycles. The minimum atomic E-state index is -0.940. The van der Waals surface area contributed by atoms with E-state index in [1.54, 1.807) is 0 Å². The summed E-state index contributed by atoms with van der Waals surface area (Å²) in [6, 6.07) is 60.5. The van der Waals surface area contributed by atoms with Crippen molar-refractivity contribution in [2.75, 3.05) is 0 Å². The molecule has 222 valence electrons. The third-order valence-corrected chi connectivity index (χ3v) is 11.0. The lowest BCUT2D eigenvalue weighted by Crippen LogP contribution is -2.22. The van der Waals surface area contributed by atoms with Gasteiger partial charge >= 0.3 is 0 Å². The summed E-state index contributed by atoms with van der Waals surface area (Å²) in [4.78, 5) is 10.2. The first-order valence-electron chi connectivity index (χ1n) is 15.8. The lowest BCUT2D eigenvalue weighted by atomic mass is 9.87. The number of hydrogen-bond donors (Lipinski definition) is 0. The van der Waals surface area contributed by atoms with Gasteiger partial charge in [-0.2, -0.15) is 0 Å². The second-order valence-electron chi connectivity index (χ2n) is 11.4. The minimum absolute atomic E-state index is 0.940. The lowest BCUT2D eigenvalue weighted by Gasteiger charge is -2.25. The van der Waals surface area contributed by atoms with E-state index < -0.39 is 7.92 Å². The highest BCUT2D eigenvalue weighted by molar-refractivity contribution is 7.80. The molecule has 0 saturated carbocycles. The number of rotatable bonds is 7. The highest BCUT2D eigenvalue weighted by Crippen LogP contribution is 2.45. The second kappa shape index (κ2) is 13.0. The molecule has 0 aliphatic carbocycles. The maximum absolute atomic E-state index is 5.12. The van der Waals surface area contributed by atoms with Gasteiger partial charge in [0.25, 0.3) is 0 Å². The van der Waals surface area contributed by atoms with E-state index in [0.29, 0.717) is 0 Å². The zero-order chi connectivity index (χ0) is 31.4. The lowest BCUT2D eigenvalue weighted by molar-refractivity contribution is 1.39. The molecule has 2 heterocycles. The van der Waals surface area contributed by atoms with Crippen LogP contribution in [-0.4, -0.2) is 9.97 Å². The van der Waals surface area contributed by atoms with Gasteiger partial charge in [-0.05, 0) is 64.3 Å². The standard InChI is InChI=1S/C44H31N2P/c1-5-15-32(16-6-1)31-39(33-17-7-2-8-18-33)38-27-25-34-19-13-29-45-43(34)41(38)42-40(28-26-35-20-14-30-46-44(35)42)47(36-21-9-3-10-22-36)37-23-11-4-12-24-37/h1-31H/b39-31-. The average molecular weight is 619 g/mol. The highest BCUT2D eigenvalue weighted by atomic mass is 31.1. The molecule has 0 spiro atoms. The van der Waals surface area contributed by atoms with Crippen molar-refractivity contribution in [2.24, 2.45) is 0 Å². The molecule has 0 N–H and O–H groups in total. The van der Waals surface area contributed by atoms with Crippen molar-refractivity contribution in [3.8, 4) is 11.1 Å². The topological polar surface area (TPSA) is 25.8 Å². The predicted octanol–water partition coefficient (Wildman–Crippen LogP) is 9.80. The van der Waals surface area contributed by atoms with Crippen LogP contribution >= 0.6 is 7.92 Å². The Labute approximate surface area is 276 Å². The molecule has 6 aromatic carbocycles. The number of aromatic nitrogens is 2. The SMILES string of the molecule is C(=C(\c1ccccc1)c1ccc2cccnc2c1-c1c(P(c2ccccc2)c2ccccc2)ccc2cccnc12)/c1ccccc1. The third-order valence-electron chi connectivity index (χ3n) is 8.53. The Morgan fingerprint density at radius 3 is 1.55 bits per heavy atom. The quantitative estimate of drug-likeness (QED) is 0.131. The average Bonchev–Trinajstić information content (AvgIpc) is 3.15. The van der Waals surface area contributed by atoms with E-state index in [1.165, 1.54) is 15.9 Å². The van der Waals surface area contributed by atoms with Gasteiger partial charge in [0.15, 0.2) is 0 Å². The summed E-state index contributed by atoms with van der Waals surface area (Å²) in [5.74, 6) is 0. The zero-order valence-corrected chi connectivity index (χ0v) is 26.6. The van der Waals surface area contributed by atoms with Gasteiger partial charge in [-0.3, -0.25) is 9.97 Å². The molecule has 3 heteroatoms. The van der Waals surface area contributed by atoms with Crippen LogP contribution < -0.4 is 15.9 Å². The van der Waals surface area contributed by atoms with Gasteiger partial charge in [-0.1, -0.05) is 158 Å². The molecule has 0 aliphatic heterocycles. The summed E-state index contributed by atoms with van der Waals surface area (Å²) in [7, 11) is -0.940. The van der Waals surface area contributed by atoms with Crippen LogP contribution in [0.5, 0.6) is 0 Å². The van der Waals surface area contributed by atoms with Crippen molar-refractivity contribution in [1.82, 2.24) is 9.97 Å². The number of nitrogens with zero attached hydrogens (tertiary/aromatic N) is 2. The van der Waals surface area contributed by atoms with Gasteiger partial charge in [0.1, 0.15) is 0 Å². The van der Waals surface area contributed by atoms with Crippen molar-refractivity contribution < 1.29 is 0 Å². The fourth-order valence-electron chi connectivity index (χ4n) is 6.42. The van der Waals surface area contributed by atoms with Crippen LogP contribution in [0.25, 0.3) is 44.6 Å². The van der Waals surface area contributed by atoms with Crippen LogP contribution in [0.15, 0.2) is 182 Å². The number of hydrogen-bond acceptors (Lipinski definition) is 2. The van der Waals surface area contributed by atoms with E-state index in [0.717, 1.165) is 55.2 Å². The maximum atomic E-state index is 5.12. The van der Waals surface area contributed by atoms with E-state index in [2.05, 4.69) is 164 Å². The van der Waals surface area contributed by atoms with E-state index >= 15 is 0 Å². The molecular weight excluding hydrogens is 587 g/mol. The monoisotopic (exact) mass is 618 g/mol. The van der Waals surface area contributed by atoms with E-state index in [-0.39, 0.29) is 0 Å². The second-order valence-corrected chi connectivity index (χ2v) is 13.6. The molecule has 0 amide bonds. The van der Waals surface area contributed by atoms with Crippen LogP contribution in [0.2, 0.25) is 0 Å². The molecular formula is C44H31N2P. The fourth-order valence-corrected chi connectivity index (χ4v) is 8.88. The van der Waals surface area contributed by atoms with Gasteiger partial charge in [0, 0.05) is 34.3 Å². The number of fused-ring (bicyclic) bond motifs is 2. The Morgan fingerprint density at radius 2 is 0.957 bits per heavy atom. The van der Waals surface area contributed by atoms with E-state index in [4.69, 9.17) is 9.97 Å². The molecule has 0 fully saturated rings. The first-order valence-corrected chi connectivity index (χ1v) is 17.2. The Morgan fingerprint density at radius 1 is 0.447 bits per heavy atom. The van der Waals surface area contributed by atoms with Gasteiger partial charge in [0.05, 0.1) is 11.0 Å². The number of benzene rings is 6. The van der Waals surface area contributed by atoms with Gasteiger partial charge < -0.3 is 0 Å². The van der Waals surface area contributed by atoms with Gasteiger partial charge in [-0.15, -0.1) is 0 Å². The molecule has 0 saturated heterocycles. The molecule has 47 heavy (non-hydrogen) atoms. The van der Waals surface area contributed by atoms with Crippen LogP contribution in [0, 0.1) is 0 Å². The first-order chi connectivity index (χ1) is 23.3. The molecule has 8 aromatic rings. The fraction of sp³-hybridized carbons (Fsp3) is 0. The Balaban J connectivity index is 1.53. The molecule has 0 aliphatic rings. The highest BCUT2D eigenvalue weighted by Gasteiger charge is 2.26. The van der Waals surface area contributed by atoms with Crippen molar-refractivity contribution in [1.29, 1.82) is 0 Å². The summed E-state index contributed by atoms with van der Waals surface area (Å²) < 4.78 is 0. The van der Waals surface area contributed by atoms with Crippen molar-refractivity contribution >= 4 is 57.3 Å². The largest absolute Gasteiger partial charge is 0.256 e. The van der Waals surface area contributed by atoms with E-state index in [1.807, 2.05) is 24.5 Å². The molecule has 8 rings (SSSR count). The molecule has 0 bridgehead atoms. The van der Waals surface area contributed by atoms with Crippen LogP contribution in [0.1, 0.15) is 16.7 Å². The minimum Gasteiger partial charge on any atom is -0.256 e. The normalized spacial score (nSPS) is 11.7. The summed E-state index contributed by atoms with van der Waals surface area (Å²) in [6.07, 6.45) is 6.13. The maximum Gasteiger partial charge on any atom is 0.0787 e. The van der Waals surface area contributed by atoms with Gasteiger partial charge in [0.2, 0.25) is 0 Å². The molecule has 2 nitrogen and oxygen atoms in total. The Bertz CT molecular complexity index is 2300. The van der Waals surface area contributed by atoms with Gasteiger partial charge in [-0.25, -0.2) is 0 Å². The Hall–Kier alpha value is -5.69. The predicted molar refractivity (Wildman–Crippen MR) is 201 cm³/mol. The van der Waals surface area contributed by atoms with Crippen LogP contribution in [0.3, 0.4) is 0 Å². The summed E-state index contributed by atoms with van der Waals surface area (Å²) >= 11 is 0. The summed E-state index contributed by atoms with van der Waals surface area (Å²) in [5.41, 5.74) is 8.75. The molecule has 0 atom stereocenters. The van der Waals surface area contributed by atoms with Crippen LogP contribution in [0.4, 0.5) is 0 Å². The molecule has 0 radical (unpaired) electrons. The third kappa shape index (κ3) is 5.65. The van der Waals surface area contributed by atoms with Crippen LogP contribution in [-0.2, 0) is 0 Å². The van der Waals surface area contributed by atoms with Crippen molar-refractivity contribution in [3.05, 3.63) is 199 Å².